The van der Waals surface area contributed by atoms with Crippen LogP contribution in [0.25, 0.3) is 0 Å². The van der Waals surface area contributed by atoms with E-state index in [4.69, 9.17) is 56.8 Å². The number of hydrogen-bond donors (Lipinski definition) is 18. The first kappa shape index (κ1) is 76.2. The van der Waals surface area contributed by atoms with Crippen molar-refractivity contribution in [2.75, 3.05) is 26.4 Å². The van der Waals surface area contributed by atoms with Gasteiger partial charge in [0.1, 0.15) is 134 Å². The molecule has 11 rings (SSSR count). The van der Waals surface area contributed by atoms with E-state index < -0.39 is 239 Å². The summed E-state index contributed by atoms with van der Waals surface area (Å²) in [5, 5.41) is 196. The van der Waals surface area contributed by atoms with Gasteiger partial charge in [-0.1, -0.05) is 60.1 Å². The molecule has 0 aromatic heterocycles. The second-order valence-corrected chi connectivity index (χ2v) is 31.9. The standard InChI is InChI=1S/C66H108O31/c1-25-36(70)40(74)45(79)55(87-25)94-51-26(2)88-54(48(82)43(51)77)86-24-32-38(72)42(76)47(81)58(92-32)95-52-31(23-69)91-56(49(83)44(52)78)93-35-13-14-63(7)33(62(35,5)6)12-15-65(9)34(63)11-10-27-28-20-61(3,4)16-18-66(28,19-17-64(27,65)8)60(85)97-59-50(84)53(39(73)30(22-68)90-59)96-57-46(80)41(75)37(71)29(21-67)89-57/h10,25-26,28-59,67-84H,11-24H2,1-9H3/t25-,26-,28-,29+,30+,31+,32+,33-,34+,35-,36-,37+,38-,39+,40+,41-,42-,43-,44+,45+,46+,47+,48+,49+,50+,51-,52+,53-,54+,55-,56-,57-,58-,59-,63-,64+,65+,66-/m0/s1. The first-order valence-electron chi connectivity index (χ1n) is 34.6. The summed E-state index contributed by atoms with van der Waals surface area (Å²) in [4.78, 5) is 15.3. The molecule has 0 aromatic carbocycles. The fraction of sp³-hybridized carbons (Fsp3) is 0.955. The number of hydrogen-bond acceptors (Lipinski definition) is 31. The topological polar surface area (TPSA) is 492 Å². The monoisotopic (exact) mass is 1400 g/mol. The number of rotatable bonds is 16. The van der Waals surface area contributed by atoms with Gasteiger partial charge in [-0.25, -0.2) is 0 Å². The number of aliphatic hydroxyl groups is 18. The fourth-order valence-corrected chi connectivity index (χ4v) is 19.3. The zero-order chi connectivity index (χ0) is 70.9. The molecule has 0 bridgehead atoms. The highest BCUT2D eigenvalue weighted by molar-refractivity contribution is 5.79. The third-order valence-electron chi connectivity index (χ3n) is 25.5. The molecule has 6 saturated heterocycles. The Morgan fingerprint density at radius 2 is 0.948 bits per heavy atom. The minimum Gasteiger partial charge on any atom is -0.432 e. The largest absolute Gasteiger partial charge is 0.432 e. The van der Waals surface area contributed by atoms with E-state index in [0.29, 0.717) is 51.4 Å². The minimum absolute atomic E-state index is 0.0671. The van der Waals surface area contributed by atoms with Gasteiger partial charge in [-0.15, -0.1) is 0 Å². The molecule has 6 aliphatic heterocycles. The molecule has 0 spiro atoms. The second-order valence-electron chi connectivity index (χ2n) is 31.9. The molecule has 18 N–H and O–H groups in total. The van der Waals surface area contributed by atoms with Gasteiger partial charge in [0.05, 0.1) is 50.2 Å². The molecule has 5 aliphatic carbocycles. The van der Waals surface area contributed by atoms with Crippen LogP contribution in [0, 0.1) is 50.2 Å². The molecule has 97 heavy (non-hydrogen) atoms. The Hall–Kier alpha value is -1.95. The van der Waals surface area contributed by atoms with E-state index in [2.05, 4.69) is 54.5 Å². The molecule has 0 unspecified atom stereocenters. The van der Waals surface area contributed by atoms with Gasteiger partial charge in [-0.3, -0.25) is 4.79 Å². The van der Waals surface area contributed by atoms with Gasteiger partial charge in [-0.05, 0) is 123 Å². The molecule has 0 aromatic rings. The molecule has 4 saturated carbocycles. The molecule has 10 fully saturated rings. The van der Waals surface area contributed by atoms with E-state index in [9.17, 15) is 91.9 Å². The number of allylic oxidation sites excluding steroid dienone is 2. The van der Waals surface area contributed by atoms with E-state index in [1.54, 1.807) is 0 Å². The third kappa shape index (κ3) is 13.2. The Kier molecular flexibility index (Phi) is 22.4. The quantitative estimate of drug-likeness (QED) is 0.0395. The van der Waals surface area contributed by atoms with Crippen LogP contribution in [-0.2, 0) is 61.6 Å². The number of esters is 1. The van der Waals surface area contributed by atoms with Gasteiger partial charge in [0, 0.05) is 0 Å². The maximum absolute atomic E-state index is 15.3. The summed E-state index contributed by atoms with van der Waals surface area (Å²) in [7, 11) is 0. The van der Waals surface area contributed by atoms with Gasteiger partial charge < -0.3 is 149 Å². The highest BCUT2D eigenvalue weighted by Crippen LogP contribution is 2.76. The zero-order valence-electron chi connectivity index (χ0n) is 56.5. The number of carbonyl (C=O) groups excluding carboxylic acids is 1. The van der Waals surface area contributed by atoms with Gasteiger partial charge in [0.15, 0.2) is 31.5 Å². The van der Waals surface area contributed by atoms with Gasteiger partial charge >= 0.3 is 5.97 Å². The molecule has 0 radical (unpaired) electrons. The van der Waals surface area contributed by atoms with Crippen molar-refractivity contribution in [3.05, 3.63) is 11.6 Å². The smallest absolute Gasteiger partial charge is 0.315 e. The van der Waals surface area contributed by atoms with Crippen molar-refractivity contribution in [3.63, 3.8) is 0 Å². The van der Waals surface area contributed by atoms with Crippen LogP contribution in [0.1, 0.15) is 127 Å². The molecular formula is C66H108O31. The van der Waals surface area contributed by atoms with Crippen LogP contribution in [0.15, 0.2) is 11.6 Å². The minimum atomic E-state index is -1.97. The molecule has 558 valence electrons. The lowest BCUT2D eigenvalue weighted by Gasteiger charge is -2.71. The summed E-state index contributed by atoms with van der Waals surface area (Å²) >= 11 is 0. The molecular weight excluding hydrogens is 1290 g/mol. The van der Waals surface area contributed by atoms with Crippen molar-refractivity contribution in [2.24, 2.45) is 50.2 Å². The molecule has 11 aliphatic rings. The van der Waals surface area contributed by atoms with Crippen molar-refractivity contribution in [1.82, 2.24) is 0 Å². The van der Waals surface area contributed by atoms with Crippen LogP contribution in [-0.4, -0.2) is 315 Å². The van der Waals surface area contributed by atoms with Crippen LogP contribution in [0.3, 0.4) is 0 Å². The molecule has 38 atom stereocenters. The predicted octanol–water partition coefficient (Wildman–Crippen LogP) is -4.33. The normalized spacial score (nSPS) is 54.5. The van der Waals surface area contributed by atoms with Gasteiger partial charge in [-0.2, -0.15) is 0 Å². The summed E-state index contributed by atoms with van der Waals surface area (Å²) in [6.45, 7) is 15.6. The summed E-state index contributed by atoms with van der Waals surface area (Å²) in [6.07, 6.45) is -41.0. The lowest BCUT2D eigenvalue weighted by atomic mass is 9.33. The number of fused-ring (bicyclic) bond motifs is 7. The average Bonchev–Trinajstić information content (AvgIpc) is 0.675. The van der Waals surface area contributed by atoms with Crippen molar-refractivity contribution in [1.29, 1.82) is 0 Å². The van der Waals surface area contributed by atoms with Crippen molar-refractivity contribution >= 4 is 5.97 Å². The van der Waals surface area contributed by atoms with Crippen LogP contribution >= 0.6 is 0 Å². The maximum Gasteiger partial charge on any atom is 0.315 e. The lowest BCUT2D eigenvalue weighted by Crippen LogP contribution is -2.67. The summed E-state index contributed by atoms with van der Waals surface area (Å²) < 4.78 is 71.0. The zero-order valence-corrected chi connectivity index (χ0v) is 56.5. The Balaban J connectivity index is 0.734. The van der Waals surface area contributed by atoms with Gasteiger partial charge in [0.2, 0.25) is 6.29 Å². The Labute approximate surface area is 563 Å². The van der Waals surface area contributed by atoms with Crippen LogP contribution < -0.4 is 0 Å². The van der Waals surface area contributed by atoms with E-state index in [-0.39, 0.29) is 34.0 Å². The highest BCUT2D eigenvalue weighted by atomic mass is 16.8. The second kappa shape index (κ2) is 28.5. The molecule has 31 heteroatoms. The van der Waals surface area contributed by atoms with E-state index in [1.807, 2.05) is 0 Å². The van der Waals surface area contributed by atoms with Crippen LogP contribution in [0.2, 0.25) is 0 Å². The van der Waals surface area contributed by atoms with Crippen molar-refractivity contribution in [3.8, 4) is 0 Å². The Morgan fingerprint density at radius 1 is 0.454 bits per heavy atom. The number of carbonyl (C=O) groups is 1. The first-order chi connectivity index (χ1) is 45.4. The van der Waals surface area contributed by atoms with E-state index >= 15 is 4.79 Å². The summed E-state index contributed by atoms with van der Waals surface area (Å²) in [5.74, 6) is -0.676. The lowest BCUT2D eigenvalue weighted by molar-refractivity contribution is -0.375. The van der Waals surface area contributed by atoms with E-state index in [0.717, 1.165) is 12.8 Å². The van der Waals surface area contributed by atoms with Gasteiger partial charge in [0.25, 0.3) is 0 Å². The van der Waals surface area contributed by atoms with E-state index in [1.165, 1.54) is 19.4 Å². The summed E-state index contributed by atoms with van der Waals surface area (Å²) in [6, 6.07) is 0. The summed E-state index contributed by atoms with van der Waals surface area (Å²) in [5.41, 5.74) is -1.55. The predicted molar refractivity (Wildman–Crippen MR) is 325 cm³/mol. The van der Waals surface area contributed by atoms with Crippen LogP contribution in [0.4, 0.5) is 0 Å². The Morgan fingerprint density at radius 3 is 1.59 bits per heavy atom. The fourth-order valence-electron chi connectivity index (χ4n) is 19.3. The maximum atomic E-state index is 15.3. The van der Waals surface area contributed by atoms with Crippen molar-refractivity contribution in [2.45, 2.75) is 317 Å². The SMILES string of the molecule is C[C@@H]1O[C@@H](O[C@@H]2[C@@H](O)[C@@H](O)[C@H](OC[C@H]3O[C@@H](O[C@H]4[C@H](O)[C@@H](O)[C@H](O[C@H]5CC[C@]6(C)[C@H]7CC=C8[C@@H]9CC(C)(C)CC[C@]9(C(=O)O[C@@H]9O[C@H](CO)[C@@H](O)[C@H](O[C@@H]%10O[C@H](CO)[C@@H](O)[C@H](O)[C@H]%10O)[C@H]9O)CC[C@@]8(C)[C@]7(C)CC[C@H]6C5(C)C)O[C@@H]4CO)[C@H](O)[C@@H](O)[C@H]3O)O[C@H]2C)[C@H](O)[C@H](O)[C@H]1O. The molecule has 0 amide bonds. The first-order valence-corrected chi connectivity index (χ1v) is 34.6. The van der Waals surface area contributed by atoms with Crippen molar-refractivity contribution < 1.29 is 154 Å². The average molecular weight is 1400 g/mol. The number of ether oxygens (including phenoxy) is 12. The Bertz CT molecular complexity index is 2730. The highest BCUT2D eigenvalue weighted by Gasteiger charge is 2.71. The van der Waals surface area contributed by atoms with Crippen LogP contribution in [0.5, 0.6) is 0 Å². The molecule has 6 heterocycles. The molecule has 31 nitrogen and oxygen atoms in total. The third-order valence-corrected chi connectivity index (χ3v) is 25.5. The number of aliphatic hydroxyl groups excluding tert-OH is 18.